The van der Waals surface area contributed by atoms with E-state index in [1.165, 1.54) is 70.6 Å². The summed E-state index contributed by atoms with van der Waals surface area (Å²) in [5.41, 5.74) is 0. The van der Waals surface area contributed by atoms with Crippen LogP contribution in [0.25, 0.3) is 0 Å². The third kappa shape index (κ3) is 9.16. The number of carboxylic acid groups (broad SMARTS) is 1. The molecule has 4 aliphatic carbocycles. The topological polar surface area (TPSA) is 102 Å². The minimum Gasteiger partial charge on any atom is -0.481 e. The molecule has 2 N–H and O–H groups in total. The van der Waals surface area contributed by atoms with Crippen LogP contribution in [0.2, 0.25) is 0 Å². The first-order chi connectivity index (χ1) is 18.7. The molecule has 0 saturated heterocycles. The van der Waals surface area contributed by atoms with Crippen molar-refractivity contribution in [1.29, 1.82) is 0 Å². The highest BCUT2D eigenvalue weighted by Crippen LogP contribution is 2.42. The lowest BCUT2D eigenvalue weighted by Gasteiger charge is -2.41. The minimum atomic E-state index is -1.17. The van der Waals surface area contributed by atoms with Crippen LogP contribution < -0.4 is 0 Å². The van der Waals surface area contributed by atoms with Crippen LogP contribution in [0.15, 0.2) is 0 Å². The summed E-state index contributed by atoms with van der Waals surface area (Å²) < 4.78 is 12.3. The zero-order chi connectivity index (χ0) is 27.8. The van der Waals surface area contributed by atoms with Crippen LogP contribution in [0.5, 0.6) is 0 Å². The molecule has 0 bridgehead atoms. The standard InChI is InChI=1S/C32H54O7/c1-32(2,38-29-16-14-24(19-26(29)21-37-36)17-22-9-5-3-6-10-22)39-31(35)27-15-13-25(20-28(27)30(33)34)18-23-11-7-4-8-12-23/h22-29,36H,3-21H2,1-2H3,(H,33,34). The van der Waals surface area contributed by atoms with E-state index in [0.29, 0.717) is 30.6 Å². The molecule has 4 fully saturated rings. The van der Waals surface area contributed by atoms with E-state index in [-0.39, 0.29) is 18.6 Å². The van der Waals surface area contributed by atoms with Gasteiger partial charge in [-0.2, -0.15) is 0 Å². The first-order valence-electron chi connectivity index (χ1n) is 16.1. The molecule has 0 aromatic rings. The molecule has 7 heteroatoms. The van der Waals surface area contributed by atoms with Crippen LogP contribution in [0, 0.1) is 41.4 Å². The van der Waals surface area contributed by atoms with Crippen molar-refractivity contribution in [3.8, 4) is 0 Å². The molecule has 0 aliphatic heterocycles. The van der Waals surface area contributed by atoms with Crippen LogP contribution in [-0.4, -0.2) is 40.8 Å². The SMILES string of the molecule is CC(C)(OC(=O)C1CCC(CC2CCCCC2)CC1C(=O)O)OC1CCC(CC2CCCCC2)CC1COO. The summed E-state index contributed by atoms with van der Waals surface area (Å²) in [6.45, 7) is 3.71. The smallest absolute Gasteiger partial charge is 0.312 e. The summed E-state index contributed by atoms with van der Waals surface area (Å²) in [4.78, 5) is 30.1. The molecule has 39 heavy (non-hydrogen) atoms. The molecule has 0 heterocycles. The predicted molar refractivity (Wildman–Crippen MR) is 149 cm³/mol. The molecule has 224 valence electrons. The molecule has 4 rings (SSSR count). The van der Waals surface area contributed by atoms with E-state index in [1.54, 1.807) is 13.8 Å². The van der Waals surface area contributed by atoms with E-state index in [0.717, 1.165) is 38.0 Å². The maximum atomic E-state index is 13.3. The fourth-order valence-corrected chi connectivity index (χ4v) is 8.50. The minimum absolute atomic E-state index is 0.0392. The molecule has 6 unspecified atom stereocenters. The second kappa shape index (κ2) is 14.6. The molecule has 4 aliphatic rings. The maximum Gasteiger partial charge on any atom is 0.312 e. The van der Waals surface area contributed by atoms with E-state index in [4.69, 9.17) is 9.47 Å². The van der Waals surface area contributed by atoms with Gasteiger partial charge in [0.1, 0.15) is 0 Å². The molecule has 0 radical (unpaired) electrons. The van der Waals surface area contributed by atoms with Crippen LogP contribution in [0.1, 0.15) is 129 Å². The van der Waals surface area contributed by atoms with Gasteiger partial charge in [0.15, 0.2) is 0 Å². The second-order valence-electron chi connectivity index (χ2n) is 13.9. The number of ether oxygens (including phenoxy) is 2. The lowest BCUT2D eigenvalue weighted by molar-refractivity contribution is -0.281. The average Bonchev–Trinajstić information content (AvgIpc) is 2.91. The monoisotopic (exact) mass is 550 g/mol. The molecule has 7 nitrogen and oxygen atoms in total. The van der Waals surface area contributed by atoms with E-state index in [2.05, 4.69) is 4.89 Å². The first-order valence-corrected chi connectivity index (χ1v) is 16.1. The summed E-state index contributed by atoms with van der Waals surface area (Å²) in [6.07, 6.45) is 20.2. The Balaban J connectivity index is 1.29. The lowest BCUT2D eigenvalue weighted by Crippen LogP contribution is -2.45. The molecule has 0 amide bonds. The Kier molecular flexibility index (Phi) is 11.5. The number of carbonyl (C=O) groups excluding carboxylic acids is 1. The summed E-state index contributed by atoms with van der Waals surface area (Å²) in [5, 5.41) is 19.3. The van der Waals surface area contributed by atoms with Gasteiger partial charge in [-0.15, -0.1) is 0 Å². The fraction of sp³-hybridized carbons (Fsp3) is 0.938. The Morgan fingerprint density at radius 2 is 1.28 bits per heavy atom. The summed E-state index contributed by atoms with van der Waals surface area (Å²) in [5.74, 6) is -1.28. The van der Waals surface area contributed by atoms with Crippen molar-refractivity contribution >= 4 is 11.9 Å². The molecule has 4 saturated carbocycles. The van der Waals surface area contributed by atoms with Crippen molar-refractivity contribution in [2.24, 2.45) is 41.4 Å². The van der Waals surface area contributed by atoms with Gasteiger partial charge in [-0.25, -0.2) is 4.89 Å². The quantitative estimate of drug-likeness (QED) is 0.118. The lowest BCUT2D eigenvalue weighted by atomic mass is 9.70. The fourth-order valence-electron chi connectivity index (χ4n) is 8.50. The van der Waals surface area contributed by atoms with Crippen LogP contribution in [0.3, 0.4) is 0 Å². The van der Waals surface area contributed by atoms with Crippen molar-refractivity contribution < 1.29 is 34.3 Å². The Morgan fingerprint density at radius 1 is 0.718 bits per heavy atom. The predicted octanol–water partition coefficient (Wildman–Crippen LogP) is 7.61. The van der Waals surface area contributed by atoms with Crippen LogP contribution in [0.4, 0.5) is 0 Å². The number of carboxylic acids is 1. The molecular weight excluding hydrogens is 496 g/mol. The van der Waals surface area contributed by atoms with Gasteiger partial charge in [-0.1, -0.05) is 64.2 Å². The number of rotatable bonds is 11. The highest BCUT2D eigenvalue weighted by Gasteiger charge is 2.44. The van der Waals surface area contributed by atoms with Gasteiger partial charge in [0.2, 0.25) is 5.79 Å². The summed E-state index contributed by atoms with van der Waals surface area (Å²) in [6, 6.07) is 0. The highest BCUT2D eigenvalue weighted by molar-refractivity contribution is 5.81. The number of esters is 1. The normalized spacial score (nSPS) is 33.5. The largest absolute Gasteiger partial charge is 0.481 e. The average molecular weight is 551 g/mol. The maximum absolute atomic E-state index is 13.3. The van der Waals surface area contributed by atoms with Crippen molar-refractivity contribution in [2.45, 2.75) is 141 Å². The zero-order valence-corrected chi connectivity index (χ0v) is 24.5. The molecule has 6 atom stereocenters. The Hall–Kier alpha value is -1.18. The van der Waals surface area contributed by atoms with Crippen molar-refractivity contribution in [3.63, 3.8) is 0 Å². The third-order valence-electron chi connectivity index (χ3n) is 10.5. The van der Waals surface area contributed by atoms with Gasteiger partial charge < -0.3 is 14.6 Å². The Labute approximate surface area is 235 Å². The molecule has 0 aromatic heterocycles. The van der Waals surface area contributed by atoms with Gasteiger partial charge in [0.25, 0.3) is 0 Å². The van der Waals surface area contributed by atoms with E-state index < -0.39 is 29.6 Å². The summed E-state index contributed by atoms with van der Waals surface area (Å²) in [7, 11) is 0. The van der Waals surface area contributed by atoms with Gasteiger partial charge in [-0.3, -0.25) is 14.8 Å². The van der Waals surface area contributed by atoms with Crippen LogP contribution in [-0.2, 0) is 24.0 Å². The second-order valence-corrected chi connectivity index (χ2v) is 13.9. The number of hydrogen-bond donors (Lipinski definition) is 2. The number of hydrogen-bond acceptors (Lipinski definition) is 6. The Bertz CT molecular complexity index is 770. The highest BCUT2D eigenvalue weighted by atomic mass is 17.1. The summed E-state index contributed by atoms with van der Waals surface area (Å²) >= 11 is 0. The van der Waals surface area contributed by atoms with E-state index in [9.17, 15) is 20.0 Å². The van der Waals surface area contributed by atoms with E-state index >= 15 is 0 Å². The molecule has 0 aromatic carbocycles. The van der Waals surface area contributed by atoms with Gasteiger partial charge in [-0.05, 0) is 75.0 Å². The molecular formula is C32H54O7. The zero-order valence-electron chi connectivity index (χ0n) is 24.5. The number of aliphatic carboxylic acids is 1. The van der Waals surface area contributed by atoms with Gasteiger partial charge in [0, 0.05) is 19.8 Å². The van der Waals surface area contributed by atoms with Crippen molar-refractivity contribution in [1.82, 2.24) is 0 Å². The van der Waals surface area contributed by atoms with Gasteiger partial charge >= 0.3 is 11.9 Å². The Morgan fingerprint density at radius 3 is 1.85 bits per heavy atom. The van der Waals surface area contributed by atoms with Crippen molar-refractivity contribution in [2.75, 3.05) is 6.61 Å². The van der Waals surface area contributed by atoms with E-state index in [1.807, 2.05) is 0 Å². The van der Waals surface area contributed by atoms with Crippen LogP contribution >= 0.6 is 0 Å². The number of carbonyl (C=O) groups is 2. The van der Waals surface area contributed by atoms with Gasteiger partial charge in [0.05, 0.1) is 24.5 Å². The van der Waals surface area contributed by atoms with Crippen molar-refractivity contribution in [3.05, 3.63) is 0 Å². The molecule has 0 spiro atoms. The third-order valence-corrected chi connectivity index (χ3v) is 10.5. The first kappa shape index (κ1) is 30.8.